The van der Waals surface area contributed by atoms with Crippen LogP contribution in [0, 0.1) is 5.92 Å². The van der Waals surface area contributed by atoms with E-state index in [0.29, 0.717) is 5.75 Å². The van der Waals surface area contributed by atoms with Gasteiger partial charge in [-0.3, -0.25) is 4.79 Å². The van der Waals surface area contributed by atoms with E-state index >= 15 is 0 Å². The zero-order valence-electron chi connectivity index (χ0n) is 37.6. The van der Waals surface area contributed by atoms with Crippen molar-refractivity contribution in [2.45, 2.75) is 160 Å². The van der Waals surface area contributed by atoms with E-state index in [0.717, 1.165) is 36.5 Å². The quantitative estimate of drug-likeness (QED) is 0.0641. The van der Waals surface area contributed by atoms with E-state index in [-0.39, 0.29) is 38.4 Å². The standard InChI is InChI=1S/C45H76O5S2Si3/c1-42(2,3)53(12,13)48-38-32-39(49-54(14,15)43(4,5)6)41(52-30-20-29-51-33-40(46)47-11)37(38)26-28-45(10,50-55(16,17)44(7,8)9)27-25-34-23-24-35-21-18-19-22-36(35)31-34/h18-19,21-24,26,28,31-32,37-38,41H,20,25,27,29-30,33H2,1-17H3/b28-26+/t37-,38+,41+,45?/m0/s1. The highest BCUT2D eigenvalue weighted by atomic mass is 32.2. The molecule has 0 spiro atoms. The van der Waals surface area contributed by atoms with Gasteiger partial charge in [-0.1, -0.05) is 117 Å². The van der Waals surface area contributed by atoms with Crippen LogP contribution in [0.25, 0.3) is 10.8 Å². The van der Waals surface area contributed by atoms with Gasteiger partial charge in [0.15, 0.2) is 16.6 Å². The number of carbonyl (C=O) groups is 1. The molecule has 2 aromatic rings. The Morgan fingerprint density at radius 1 is 0.782 bits per heavy atom. The molecular weight excluding hydrogens is 769 g/mol. The van der Waals surface area contributed by atoms with Gasteiger partial charge in [0.25, 0.3) is 0 Å². The largest absolute Gasteiger partial charge is 0.546 e. The number of thioether (sulfide) groups is 2. The summed E-state index contributed by atoms with van der Waals surface area (Å²) in [5, 5.41) is 2.87. The Balaban J connectivity index is 2.07. The second kappa shape index (κ2) is 18.8. The van der Waals surface area contributed by atoms with Crippen LogP contribution in [0.15, 0.2) is 66.5 Å². The molecule has 0 radical (unpaired) electrons. The summed E-state index contributed by atoms with van der Waals surface area (Å²) in [5.74, 6) is 3.28. The van der Waals surface area contributed by atoms with Crippen molar-refractivity contribution in [3.05, 3.63) is 72.0 Å². The Morgan fingerprint density at radius 2 is 1.38 bits per heavy atom. The highest BCUT2D eigenvalue weighted by molar-refractivity contribution is 8.00. The summed E-state index contributed by atoms with van der Waals surface area (Å²) in [4.78, 5) is 11.8. The van der Waals surface area contributed by atoms with Crippen molar-refractivity contribution in [2.24, 2.45) is 5.92 Å². The lowest BCUT2D eigenvalue weighted by molar-refractivity contribution is -0.137. The van der Waals surface area contributed by atoms with Crippen LogP contribution < -0.4 is 0 Å². The van der Waals surface area contributed by atoms with Gasteiger partial charge in [-0.25, -0.2) is 0 Å². The molecule has 0 aromatic heterocycles. The molecule has 310 valence electrons. The zero-order chi connectivity index (χ0) is 41.7. The van der Waals surface area contributed by atoms with Crippen LogP contribution >= 0.6 is 23.5 Å². The molecule has 4 atom stereocenters. The SMILES string of the molecule is COC(=O)CSCCCS[C@H]1C(O[Si](C)(C)C(C)(C)C)=C[C@@H](O[Si](C)(C)C(C)(C)C)[C@@H]1/C=C/C(C)(CCc1ccc2ccccc2c1)O[Si](C)(C)C(C)(C)C. The summed E-state index contributed by atoms with van der Waals surface area (Å²) >= 11 is 3.63. The lowest BCUT2D eigenvalue weighted by atomic mass is 9.93. The zero-order valence-corrected chi connectivity index (χ0v) is 42.2. The fourth-order valence-corrected chi connectivity index (χ4v) is 12.3. The second-order valence-corrected chi connectivity index (χ2v) is 36.9. The molecule has 0 saturated carbocycles. The highest BCUT2D eigenvalue weighted by Crippen LogP contribution is 2.48. The van der Waals surface area contributed by atoms with Gasteiger partial charge in [0.05, 0.1) is 35.6 Å². The third kappa shape index (κ3) is 13.4. The van der Waals surface area contributed by atoms with Crippen molar-refractivity contribution < 1.29 is 22.8 Å². The molecule has 0 aliphatic heterocycles. The predicted octanol–water partition coefficient (Wildman–Crippen LogP) is 13.4. The first-order valence-electron chi connectivity index (χ1n) is 20.3. The van der Waals surface area contributed by atoms with Crippen LogP contribution in [0.1, 0.15) is 87.6 Å². The van der Waals surface area contributed by atoms with Crippen LogP contribution in [0.5, 0.6) is 0 Å². The molecule has 0 bridgehead atoms. The third-order valence-electron chi connectivity index (χ3n) is 12.6. The van der Waals surface area contributed by atoms with Gasteiger partial charge in [-0.05, 0) is 115 Å². The smallest absolute Gasteiger partial charge is 0.315 e. The summed E-state index contributed by atoms with van der Waals surface area (Å²) in [5.41, 5.74) is 0.862. The molecule has 2 aromatic carbocycles. The first kappa shape index (κ1) is 48.1. The molecule has 0 heterocycles. The Kier molecular flexibility index (Phi) is 16.4. The van der Waals surface area contributed by atoms with Crippen LogP contribution in [-0.2, 0) is 29.2 Å². The van der Waals surface area contributed by atoms with Gasteiger partial charge < -0.3 is 18.0 Å². The minimum absolute atomic E-state index is 0.0651. The number of ether oxygens (including phenoxy) is 1. The number of esters is 1. The number of hydrogen-bond donors (Lipinski definition) is 0. The van der Waals surface area contributed by atoms with E-state index in [2.05, 4.69) is 169 Å². The number of carbonyl (C=O) groups excluding carboxylic acids is 1. The van der Waals surface area contributed by atoms with E-state index in [1.54, 1.807) is 11.8 Å². The summed E-state index contributed by atoms with van der Waals surface area (Å²) in [6, 6.07) is 15.5. The maximum Gasteiger partial charge on any atom is 0.315 e. The first-order chi connectivity index (χ1) is 25.1. The molecule has 0 fully saturated rings. The van der Waals surface area contributed by atoms with Gasteiger partial charge in [-0.2, -0.15) is 11.8 Å². The molecular formula is C45H76O5S2Si3. The molecule has 1 unspecified atom stereocenters. The maximum absolute atomic E-state index is 11.8. The summed E-state index contributed by atoms with van der Waals surface area (Å²) in [6.45, 7) is 37.4. The Morgan fingerprint density at radius 3 is 1.96 bits per heavy atom. The first-order valence-corrected chi connectivity index (χ1v) is 31.3. The van der Waals surface area contributed by atoms with Crippen LogP contribution in [-0.4, -0.2) is 72.2 Å². The molecule has 0 saturated heterocycles. The minimum atomic E-state index is -2.16. The fourth-order valence-electron chi connectivity index (χ4n) is 5.89. The Bertz CT molecular complexity index is 1630. The highest BCUT2D eigenvalue weighted by Gasteiger charge is 2.48. The molecule has 55 heavy (non-hydrogen) atoms. The summed E-state index contributed by atoms with van der Waals surface area (Å²) in [6.07, 6.45) is 9.91. The van der Waals surface area contributed by atoms with Gasteiger partial charge in [0.2, 0.25) is 8.32 Å². The van der Waals surface area contributed by atoms with Crippen molar-refractivity contribution in [1.82, 2.24) is 0 Å². The lowest BCUT2D eigenvalue weighted by Gasteiger charge is -2.44. The monoisotopic (exact) mass is 844 g/mol. The molecule has 10 heteroatoms. The minimum Gasteiger partial charge on any atom is -0.546 e. The van der Waals surface area contributed by atoms with Crippen LogP contribution in [0.2, 0.25) is 54.4 Å². The van der Waals surface area contributed by atoms with Crippen molar-refractivity contribution in [3.8, 4) is 0 Å². The maximum atomic E-state index is 11.8. The number of fused-ring (bicyclic) bond motifs is 1. The van der Waals surface area contributed by atoms with E-state index in [1.807, 2.05) is 11.8 Å². The van der Waals surface area contributed by atoms with E-state index in [9.17, 15) is 4.79 Å². The Labute approximate surface area is 348 Å². The average molecular weight is 845 g/mol. The topological polar surface area (TPSA) is 54.0 Å². The number of aryl methyl sites for hydroxylation is 1. The van der Waals surface area contributed by atoms with E-state index in [1.165, 1.54) is 23.4 Å². The van der Waals surface area contributed by atoms with Crippen molar-refractivity contribution in [3.63, 3.8) is 0 Å². The predicted molar refractivity (Wildman–Crippen MR) is 250 cm³/mol. The van der Waals surface area contributed by atoms with Gasteiger partial charge in [-0.15, -0.1) is 11.8 Å². The van der Waals surface area contributed by atoms with Gasteiger partial charge in [0.1, 0.15) is 0 Å². The average Bonchev–Trinajstić information content (AvgIpc) is 3.35. The van der Waals surface area contributed by atoms with Gasteiger partial charge in [0, 0.05) is 5.92 Å². The summed E-state index contributed by atoms with van der Waals surface area (Å²) < 4.78 is 26.9. The molecule has 0 amide bonds. The molecule has 3 rings (SSSR count). The van der Waals surface area contributed by atoms with Crippen molar-refractivity contribution >= 4 is 65.2 Å². The Hall–Kier alpha value is -1.28. The number of methoxy groups -OCH3 is 1. The molecule has 1 aliphatic rings. The molecule has 1 aliphatic carbocycles. The second-order valence-electron chi connectivity index (χ2n) is 20.3. The number of benzene rings is 2. The van der Waals surface area contributed by atoms with Crippen LogP contribution in [0.4, 0.5) is 0 Å². The van der Waals surface area contributed by atoms with Crippen molar-refractivity contribution in [2.75, 3.05) is 24.4 Å². The van der Waals surface area contributed by atoms with Crippen molar-refractivity contribution in [1.29, 1.82) is 0 Å². The fraction of sp³-hybridized carbons (Fsp3) is 0.667. The third-order valence-corrected chi connectivity index (χ3v) is 28.5. The summed E-state index contributed by atoms with van der Waals surface area (Å²) in [7, 11) is -5.00. The van der Waals surface area contributed by atoms with E-state index in [4.69, 9.17) is 18.0 Å². The molecule has 0 N–H and O–H groups in total. The van der Waals surface area contributed by atoms with Crippen LogP contribution in [0.3, 0.4) is 0 Å². The number of rotatable bonds is 18. The van der Waals surface area contributed by atoms with E-state index < -0.39 is 30.6 Å². The van der Waals surface area contributed by atoms with Gasteiger partial charge >= 0.3 is 5.97 Å². The lowest BCUT2D eigenvalue weighted by Crippen LogP contribution is -2.48. The molecule has 5 nitrogen and oxygen atoms in total. The normalized spacial score (nSPS) is 20.2. The number of hydrogen-bond acceptors (Lipinski definition) is 7.